The zero-order valence-corrected chi connectivity index (χ0v) is 21.5. The molecular weight excluding hydrogens is 508 g/mol. The summed E-state index contributed by atoms with van der Waals surface area (Å²) in [6.45, 7) is 3.65. The highest BCUT2D eigenvalue weighted by Crippen LogP contribution is 2.45. The van der Waals surface area contributed by atoms with Crippen LogP contribution in [0.15, 0.2) is 42.2 Å². The third-order valence-corrected chi connectivity index (χ3v) is 7.03. The summed E-state index contributed by atoms with van der Waals surface area (Å²) in [5.41, 5.74) is 0.281. The van der Waals surface area contributed by atoms with Crippen molar-refractivity contribution in [2.24, 2.45) is 0 Å². The van der Waals surface area contributed by atoms with Crippen molar-refractivity contribution >= 4 is 29.2 Å². The lowest BCUT2D eigenvalue weighted by Crippen LogP contribution is -2.49. The van der Waals surface area contributed by atoms with Gasteiger partial charge in [-0.15, -0.1) is 0 Å². The number of benzene rings is 2. The summed E-state index contributed by atoms with van der Waals surface area (Å²) in [5.74, 6) is -2.35. The predicted octanol–water partition coefficient (Wildman–Crippen LogP) is 5.99. The summed E-state index contributed by atoms with van der Waals surface area (Å²) in [5, 5.41) is 3.22. The minimum Gasteiger partial charge on any atom is -0.404 e. The van der Waals surface area contributed by atoms with E-state index in [4.69, 9.17) is 30.5 Å². The van der Waals surface area contributed by atoms with Crippen molar-refractivity contribution in [3.8, 4) is 11.1 Å². The van der Waals surface area contributed by atoms with Gasteiger partial charge in [0.25, 0.3) is 5.91 Å². The van der Waals surface area contributed by atoms with Crippen LogP contribution in [0.3, 0.4) is 0 Å². The summed E-state index contributed by atoms with van der Waals surface area (Å²) < 4.78 is 49.0. The first kappa shape index (κ1) is 27.0. The van der Waals surface area contributed by atoms with Crippen LogP contribution in [-0.4, -0.2) is 43.7 Å². The zero-order valence-electron chi connectivity index (χ0n) is 20.7. The van der Waals surface area contributed by atoms with Crippen LogP contribution < -0.4 is 5.32 Å². The minimum atomic E-state index is -1.02. The molecule has 1 saturated carbocycles. The third kappa shape index (κ3) is 5.63. The first-order chi connectivity index (χ1) is 17.7. The highest BCUT2D eigenvalue weighted by Gasteiger charge is 2.50. The molecule has 1 N–H and O–H groups in total. The van der Waals surface area contributed by atoms with E-state index in [-0.39, 0.29) is 28.0 Å². The standard InChI is InChI=1S/C27H28ClF2NO6/c1-4-35-15(2)36-26(33)37-24-23(25(32)31-27(24)11-9-18(34-3)10-12-27)19-13-16(5-7-20(19)28)17-6-8-21(29)22(30)14-17/h5-8,13-15,18H,4,9-12H2,1-3H3,(H,31,32)/t15?,18-,27+. The topological polar surface area (TPSA) is 83.1 Å². The predicted molar refractivity (Wildman–Crippen MR) is 133 cm³/mol. The van der Waals surface area contributed by atoms with Gasteiger partial charge in [0.15, 0.2) is 17.4 Å². The van der Waals surface area contributed by atoms with Gasteiger partial charge in [-0.05, 0) is 74.9 Å². The summed E-state index contributed by atoms with van der Waals surface area (Å²) in [7, 11) is 1.63. The van der Waals surface area contributed by atoms with Crippen LogP contribution in [-0.2, 0) is 23.7 Å². The highest BCUT2D eigenvalue weighted by molar-refractivity contribution is 6.36. The molecule has 1 heterocycles. The summed E-state index contributed by atoms with van der Waals surface area (Å²) in [6.07, 6.45) is 0.319. The number of nitrogens with one attached hydrogen (secondary N) is 1. The Kier molecular flexibility index (Phi) is 8.16. The van der Waals surface area contributed by atoms with Gasteiger partial charge in [0.1, 0.15) is 0 Å². The number of carbonyl (C=O) groups is 2. The Morgan fingerprint density at radius 2 is 1.81 bits per heavy atom. The van der Waals surface area contributed by atoms with Crippen molar-refractivity contribution < 1.29 is 37.3 Å². The Morgan fingerprint density at radius 1 is 1.14 bits per heavy atom. The number of halogens is 3. The van der Waals surface area contributed by atoms with Gasteiger partial charge in [0.05, 0.1) is 17.2 Å². The van der Waals surface area contributed by atoms with Gasteiger partial charge < -0.3 is 24.3 Å². The molecular formula is C27H28ClF2NO6. The molecule has 1 unspecified atom stereocenters. The molecule has 0 aromatic heterocycles. The van der Waals surface area contributed by atoms with Crippen molar-refractivity contribution in [2.75, 3.05) is 13.7 Å². The largest absolute Gasteiger partial charge is 0.515 e. The summed E-state index contributed by atoms with van der Waals surface area (Å²) in [4.78, 5) is 26.1. The van der Waals surface area contributed by atoms with Crippen molar-refractivity contribution in [1.82, 2.24) is 5.32 Å². The first-order valence-corrected chi connectivity index (χ1v) is 12.4. The maximum atomic E-state index is 13.9. The molecule has 1 spiro atoms. The number of carbonyl (C=O) groups excluding carboxylic acids is 2. The molecule has 0 radical (unpaired) electrons. The molecule has 0 saturated heterocycles. The number of methoxy groups -OCH3 is 1. The van der Waals surface area contributed by atoms with Gasteiger partial charge in [-0.3, -0.25) is 4.79 Å². The molecule has 1 atom stereocenters. The fourth-order valence-corrected chi connectivity index (χ4v) is 5.04. The van der Waals surface area contributed by atoms with E-state index < -0.39 is 35.5 Å². The van der Waals surface area contributed by atoms with Crippen molar-refractivity contribution in [3.63, 3.8) is 0 Å². The SMILES string of the molecule is CCOC(C)OC(=O)OC1=C(c2cc(-c3ccc(F)c(F)c3)ccc2Cl)C(=O)N[C@]12CC[C@@H](OC)CC2. The third-order valence-electron chi connectivity index (χ3n) is 6.70. The molecule has 1 aliphatic carbocycles. The second kappa shape index (κ2) is 11.2. The van der Waals surface area contributed by atoms with Crippen molar-refractivity contribution in [1.29, 1.82) is 0 Å². The zero-order chi connectivity index (χ0) is 26.7. The van der Waals surface area contributed by atoms with E-state index in [1.165, 1.54) is 6.07 Å². The van der Waals surface area contributed by atoms with Crippen LogP contribution in [0.4, 0.5) is 13.6 Å². The van der Waals surface area contributed by atoms with Crippen molar-refractivity contribution in [3.05, 3.63) is 64.4 Å². The first-order valence-electron chi connectivity index (χ1n) is 12.0. The van der Waals surface area contributed by atoms with Crippen LogP contribution >= 0.6 is 11.6 Å². The van der Waals surface area contributed by atoms with E-state index >= 15 is 0 Å². The lowest BCUT2D eigenvalue weighted by Gasteiger charge is -2.37. The van der Waals surface area contributed by atoms with Gasteiger partial charge in [0.2, 0.25) is 6.29 Å². The quantitative estimate of drug-likeness (QED) is 0.346. The molecule has 198 valence electrons. The molecule has 2 aliphatic rings. The Morgan fingerprint density at radius 3 is 2.46 bits per heavy atom. The van der Waals surface area contributed by atoms with Gasteiger partial charge >= 0.3 is 6.16 Å². The molecule has 0 bridgehead atoms. The Balaban J connectivity index is 1.79. The lowest BCUT2D eigenvalue weighted by atomic mass is 9.79. The molecule has 7 nitrogen and oxygen atoms in total. The van der Waals surface area contributed by atoms with E-state index in [0.29, 0.717) is 43.4 Å². The van der Waals surface area contributed by atoms with Crippen LogP contribution in [0, 0.1) is 11.6 Å². The van der Waals surface area contributed by atoms with E-state index in [1.54, 1.807) is 39.2 Å². The Bertz CT molecular complexity index is 1230. The van der Waals surface area contributed by atoms with E-state index in [2.05, 4.69) is 5.32 Å². The molecule has 1 amide bonds. The average molecular weight is 536 g/mol. The van der Waals surface area contributed by atoms with E-state index in [9.17, 15) is 18.4 Å². The number of amides is 1. The van der Waals surface area contributed by atoms with E-state index in [0.717, 1.165) is 12.1 Å². The minimum absolute atomic E-state index is 0.0121. The molecule has 1 aliphatic heterocycles. The molecule has 1 fully saturated rings. The van der Waals surface area contributed by atoms with Gasteiger partial charge in [-0.2, -0.15) is 0 Å². The number of hydrogen-bond donors (Lipinski definition) is 1. The summed E-state index contributed by atoms with van der Waals surface area (Å²) in [6, 6.07) is 8.27. The Hall–Kier alpha value is -3.01. The lowest BCUT2D eigenvalue weighted by molar-refractivity contribution is -0.117. The smallest absolute Gasteiger partial charge is 0.404 e. The van der Waals surface area contributed by atoms with E-state index in [1.807, 2.05) is 0 Å². The van der Waals surface area contributed by atoms with Crippen LogP contribution in [0.25, 0.3) is 16.7 Å². The molecule has 10 heteroatoms. The van der Waals surface area contributed by atoms with Crippen LogP contribution in [0.5, 0.6) is 0 Å². The molecule has 2 aromatic carbocycles. The van der Waals surface area contributed by atoms with Crippen molar-refractivity contribution in [2.45, 2.75) is 57.5 Å². The fourth-order valence-electron chi connectivity index (χ4n) is 4.83. The second-order valence-electron chi connectivity index (χ2n) is 8.99. The van der Waals surface area contributed by atoms with Crippen LogP contribution in [0.1, 0.15) is 45.1 Å². The number of hydrogen-bond acceptors (Lipinski definition) is 6. The van der Waals surface area contributed by atoms with Crippen LogP contribution in [0.2, 0.25) is 5.02 Å². The maximum absolute atomic E-state index is 13.9. The Labute approximate surface area is 218 Å². The summed E-state index contributed by atoms with van der Waals surface area (Å²) >= 11 is 6.53. The number of ether oxygens (including phenoxy) is 4. The molecule has 37 heavy (non-hydrogen) atoms. The fraction of sp³-hybridized carbons (Fsp3) is 0.407. The van der Waals surface area contributed by atoms with Gasteiger partial charge in [0, 0.05) is 24.3 Å². The monoisotopic (exact) mass is 535 g/mol. The normalized spacial score (nSPS) is 22.2. The molecule has 2 aromatic rings. The average Bonchev–Trinajstić information content (AvgIpc) is 3.11. The van der Waals surface area contributed by atoms with Gasteiger partial charge in [-0.1, -0.05) is 23.7 Å². The maximum Gasteiger partial charge on any atom is 0.515 e. The number of rotatable bonds is 7. The highest BCUT2D eigenvalue weighted by atomic mass is 35.5. The molecule has 4 rings (SSSR count). The van der Waals surface area contributed by atoms with Gasteiger partial charge in [-0.25, -0.2) is 13.6 Å². The second-order valence-corrected chi connectivity index (χ2v) is 9.40.